The Kier molecular flexibility index (Phi) is 2.51. The summed E-state index contributed by atoms with van der Waals surface area (Å²) in [6, 6.07) is 0. The molecule has 0 aromatic carbocycles. The molecule has 1 fully saturated rings. The second-order valence-electron chi connectivity index (χ2n) is 3.57. The van der Waals surface area contributed by atoms with Crippen molar-refractivity contribution in [1.29, 1.82) is 0 Å². The molecule has 6 nitrogen and oxygen atoms in total. The number of nitrogens with zero attached hydrogens (tertiary/aromatic N) is 3. The van der Waals surface area contributed by atoms with Gasteiger partial charge in [0.25, 0.3) is 0 Å². The first-order valence-corrected chi connectivity index (χ1v) is 4.66. The SMILES string of the molecule is Cn1ccnc1CN1CC(=O)NC(=O)C1. The number of nitrogens with one attached hydrogen (secondary N) is 1. The Morgan fingerprint density at radius 3 is 2.60 bits per heavy atom. The van der Waals surface area contributed by atoms with Crippen LogP contribution in [0, 0.1) is 0 Å². The summed E-state index contributed by atoms with van der Waals surface area (Å²) >= 11 is 0. The molecule has 80 valence electrons. The maximum atomic E-state index is 11.1. The van der Waals surface area contributed by atoms with Crippen molar-refractivity contribution < 1.29 is 9.59 Å². The molecule has 0 bridgehead atoms. The summed E-state index contributed by atoms with van der Waals surface area (Å²) in [5.74, 6) is 0.346. The maximum absolute atomic E-state index is 11.1. The summed E-state index contributed by atoms with van der Waals surface area (Å²) in [6.07, 6.45) is 3.53. The lowest BCUT2D eigenvalue weighted by Gasteiger charge is -2.24. The number of amides is 2. The molecule has 0 radical (unpaired) electrons. The average Bonchev–Trinajstić information content (AvgIpc) is 2.50. The zero-order valence-corrected chi connectivity index (χ0v) is 8.43. The first-order chi connectivity index (χ1) is 7.15. The number of aromatic nitrogens is 2. The third kappa shape index (κ3) is 2.21. The lowest BCUT2D eigenvalue weighted by Crippen LogP contribution is -2.51. The van der Waals surface area contributed by atoms with Gasteiger partial charge in [0.15, 0.2) is 0 Å². The van der Waals surface area contributed by atoms with Gasteiger partial charge in [-0.25, -0.2) is 4.98 Å². The fourth-order valence-corrected chi connectivity index (χ4v) is 1.56. The van der Waals surface area contributed by atoms with E-state index in [0.717, 1.165) is 5.82 Å². The molecule has 15 heavy (non-hydrogen) atoms. The highest BCUT2D eigenvalue weighted by atomic mass is 16.2. The van der Waals surface area contributed by atoms with E-state index in [2.05, 4.69) is 10.3 Å². The minimum Gasteiger partial charge on any atom is -0.337 e. The zero-order chi connectivity index (χ0) is 10.8. The van der Waals surface area contributed by atoms with Crippen LogP contribution in [0.1, 0.15) is 5.82 Å². The van der Waals surface area contributed by atoms with Crippen LogP contribution in [-0.4, -0.2) is 39.4 Å². The van der Waals surface area contributed by atoms with Crippen molar-refractivity contribution in [3.05, 3.63) is 18.2 Å². The van der Waals surface area contributed by atoms with Crippen LogP contribution in [0.2, 0.25) is 0 Å². The number of carbonyl (C=O) groups is 2. The third-order valence-corrected chi connectivity index (χ3v) is 2.30. The second-order valence-corrected chi connectivity index (χ2v) is 3.57. The van der Waals surface area contributed by atoms with Crippen LogP contribution in [0.4, 0.5) is 0 Å². The Morgan fingerprint density at radius 1 is 1.40 bits per heavy atom. The molecule has 0 aliphatic carbocycles. The molecule has 2 rings (SSSR count). The van der Waals surface area contributed by atoms with Crippen LogP contribution in [-0.2, 0) is 23.2 Å². The van der Waals surface area contributed by atoms with Gasteiger partial charge in [-0.15, -0.1) is 0 Å². The predicted octanol–water partition coefficient (Wildman–Crippen LogP) is -1.12. The van der Waals surface area contributed by atoms with E-state index in [1.807, 2.05) is 17.8 Å². The van der Waals surface area contributed by atoms with Gasteiger partial charge >= 0.3 is 0 Å². The molecule has 1 aromatic heterocycles. The van der Waals surface area contributed by atoms with E-state index in [0.29, 0.717) is 6.54 Å². The van der Waals surface area contributed by atoms with E-state index < -0.39 is 0 Å². The molecule has 1 saturated heterocycles. The average molecular weight is 208 g/mol. The minimum absolute atomic E-state index is 0.249. The molecule has 1 aliphatic rings. The van der Waals surface area contributed by atoms with Crippen molar-refractivity contribution in [3.63, 3.8) is 0 Å². The molecule has 1 aliphatic heterocycles. The Labute approximate surface area is 86.9 Å². The fourth-order valence-electron chi connectivity index (χ4n) is 1.56. The van der Waals surface area contributed by atoms with Crippen LogP contribution in [0.3, 0.4) is 0 Å². The van der Waals surface area contributed by atoms with Gasteiger partial charge < -0.3 is 4.57 Å². The van der Waals surface area contributed by atoms with Gasteiger partial charge in [-0.05, 0) is 0 Å². The zero-order valence-electron chi connectivity index (χ0n) is 8.43. The minimum atomic E-state index is -0.250. The van der Waals surface area contributed by atoms with Gasteiger partial charge in [-0.1, -0.05) is 0 Å². The molecule has 2 amide bonds. The van der Waals surface area contributed by atoms with Crippen LogP contribution in [0.15, 0.2) is 12.4 Å². The van der Waals surface area contributed by atoms with Crippen molar-refractivity contribution in [2.45, 2.75) is 6.54 Å². The van der Waals surface area contributed by atoms with Gasteiger partial charge in [0.05, 0.1) is 19.6 Å². The highest BCUT2D eigenvalue weighted by molar-refractivity contribution is 5.99. The largest absolute Gasteiger partial charge is 0.337 e. The van der Waals surface area contributed by atoms with Gasteiger partial charge in [0.1, 0.15) is 5.82 Å². The highest BCUT2D eigenvalue weighted by Crippen LogP contribution is 2.03. The molecule has 0 saturated carbocycles. The number of carbonyl (C=O) groups excluding carboxylic acids is 2. The molecule has 6 heteroatoms. The predicted molar refractivity (Wildman–Crippen MR) is 51.6 cm³/mol. The van der Waals surface area contributed by atoms with Crippen molar-refractivity contribution in [2.24, 2.45) is 7.05 Å². The Morgan fingerprint density at radius 2 is 2.07 bits per heavy atom. The number of hydrogen-bond acceptors (Lipinski definition) is 4. The van der Waals surface area contributed by atoms with E-state index >= 15 is 0 Å². The van der Waals surface area contributed by atoms with Crippen LogP contribution in [0.5, 0.6) is 0 Å². The van der Waals surface area contributed by atoms with Crippen molar-refractivity contribution in [2.75, 3.05) is 13.1 Å². The van der Waals surface area contributed by atoms with Crippen LogP contribution in [0.25, 0.3) is 0 Å². The van der Waals surface area contributed by atoms with Gasteiger partial charge in [0, 0.05) is 19.4 Å². The van der Waals surface area contributed by atoms with Crippen LogP contribution < -0.4 is 5.32 Å². The number of imide groups is 1. The molecule has 0 atom stereocenters. The van der Waals surface area contributed by atoms with Crippen LogP contribution >= 0.6 is 0 Å². The van der Waals surface area contributed by atoms with Crippen molar-refractivity contribution in [1.82, 2.24) is 19.8 Å². The molecule has 0 spiro atoms. The molecule has 2 heterocycles. The quantitative estimate of drug-likeness (QED) is 0.625. The summed E-state index contributed by atoms with van der Waals surface area (Å²) in [7, 11) is 1.88. The van der Waals surface area contributed by atoms with Crippen molar-refractivity contribution >= 4 is 11.8 Å². The molecule has 0 unspecified atom stereocenters. The second kappa shape index (κ2) is 3.82. The molecule has 1 aromatic rings. The lowest BCUT2D eigenvalue weighted by molar-refractivity contribution is -0.136. The topological polar surface area (TPSA) is 67.2 Å². The van der Waals surface area contributed by atoms with Gasteiger partial charge in [-0.2, -0.15) is 0 Å². The van der Waals surface area contributed by atoms with E-state index in [-0.39, 0.29) is 24.9 Å². The first-order valence-electron chi connectivity index (χ1n) is 4.66. The smallest absolute Gasteiger partial charge is 0.240 e. The summed E-state index contributed by atoms with van der Waals surface area (Å²) in [5, 5.41) is 2.26. The molecular formula is C9H12N4O2. The summed E-state index contributed by atoms with van der Waals surface area (Å²) < 4.78 is 1.87. The molecule has 1 N–H and O–H groups in total. The number of aryl methyl sites for hydroxylation is 1. The van der Waals surface area contributed by atoms with E-state index in [4.69, 9.17) is 0 Å². The number of rotatable bonds is 2. The lowest BCUT2D eigenvalue weighted by atomic mass is 10.3. The Hall–Kier alpha value is -1.69. The first kappa shape index (κ1) is 9.85. The number of piperazine rings is 1. The Bertz CT molecular complexity index is 383. The van der Waals surface area contributed by atoms with E-state index in [9.17, 15) is 9.59 Å². The third-order valence-electron chi connectivity index (χ3n) is 2.30. The maximum Gasteiger partial charge on any atom is 0.240 e. The standard InChI is InChI=1S/C9H12N4O2/c1-12-3-2-10-7(12)4-13-5-8(14)11-9(15)6-13/h2-3H,4-6H2,1H3,(H,11,14,15). The summed E-state index contributed by atoms with van der Waals surface area (Å²) in [6.45, 7) is 1.01. The van der Waals surface area contributed by atoms with Gasteiger partial charge in [0.2, 0.25) is 11.8 Å². The monoisotopic (exact) mass is 208 g/mol. The highest BCUT2D eigenvalue weighted by Gasteiger charge is 2.23. The normalized spacial score (nSPS) is 17.9. The number of hydrogen-bond donors (Lipinski definition) is 1. The van der Waals surface area contributed by atoms with Crippen molar-refractivity contribution in [3.8, 4) is 0 Å². The molecular weight excluding hydrogens is 196 g/mol. The van der Waals surface area contributed by atoms with Gasteiger partial charge in [-0.3, -0.25) is 19.8 Å². The van der Waals surface area contributed by atoms with E-state index in [1.165, 1.54) is 0 Å². The van der Waals surface area contributed by atoms with E-state index in [1.54, 1.807) is 11.1 Å². The number of imidazole rings is 1. The summed E-state index contributed by atoms with van der Waals surface area (Å²) in [5.41, 5.74) is 0. The Balaban J connectivity index is 2.03. The fraction of sp³-hybridized carbons (Fsp3) is 0.444. The summed E-state index contributed by atoms with van der Waals surface area (Å²) in [4.78, 5) is 28.1.